The number of amides is 2. The van der Waals surface area contributed by atoms with Crippen molar-refractivity contribution >= 4 is 29.1 Å². The topological polar surface area (TPSA) is 85.4 Å². The Morgan fingerprint density at radius 1 is 0.966 bits per heavy atom. The van der Waals surface area contributed by atoms with E-state index >= 15 is 0 Å². The van der Waals surface area contributed by atoms with E-state index in [0.29, 0.717) is 42.6 Å². The average molecular weight is 418 g/mol. The number of rotatable bonds is 6. The standard InChI is InChI=1S/C20H22N2O6S/c1-26-15-10-14(11-16(12-15)27-2)20(25)28-13-18(23)21-5-7-22(8-6-21)19(24)17-4-3-9-29-17/h3-4,9-12H,5-8,13H2,1-2H3. The maximum absolute atomic E-state index is 12.4. The Labute approximate surface area is 172 Å². The normalized spacial score (nSPS) is 13.7. The second-order valence-corrected chi connectivity index (χ2v) is 7.28. The van der Waals surface area contributed by atoms with Crippen molar-refractivity contribution in [1.82, 2.24) is 9.80 Å². The van der Waals surface area contributed by atoms with E-state index in [-0.39, 0.29) is 24.0 Å². The fraction of sp³-hybridized carbons (Fsp3) is 0.350. The second kappa shape index (κ2) is 9.42. The number of benzene rings is 1. The van der Waals surface area contributed by atoms with Crippen LogP contribution in [0.15, 0.2) is 35.7 Å². The fourth-order valence-corrected chi connectivity index (χ4v) is 3.63. The summed E-state index contributed by atoms with van der Waals surface area (Å²) in [6.07, 6.45) is 0. The Morgan fingerprint density at radius 3 is 2.14 bits per heavy atom. The van der Waals surface area contributed by atoms with E-state index in [1.807, 2.05) is 11.4 Å². The van der Waals surface area contributed by atoms with E-state index in [4.69, 9.17) is 14.2 Å². The third kappa shape index (κ3) is 5.05. The van der Waals surface area contributed by atoms with Crippen LogP contribution in [0, 0.1) is 0 Å². The van der Waals surface area contributed by atoms with Gasteiger partial charge in [0.25, 0.3) is 11.8 Å². The first-order valence-corrected chi connectivity index (χ1v) is 9.90. The van der Waals surface area contributed by atoms with Crippen LogP contribution < -0.4 is 9.47 Å². The molecule has 0 N–H and O–H groups in total. The third-order valence-electron chi connectivity index (χ3n) is 4.57. The molecule has 1 saturated heterocycles. The number of hydrogen-bond acceptors (Lipinski definition) is 7. The molecule has 1 aliphatic rings. The molecule has 1 aliphatic heterocycles. The number of carbonyl (C=O) groups is 3. The summed E-state index contributed by atoms with van der Waals surface area (Å²) in [6.45, 7) is 1.34. The molecule has 3 rings (SSSR count). The van der Waals surface area contributed by atoms with Gasteiger partial charge in [-0.2, -0.15) is 0 Å². The lowest BCUT2D eigenvalue weighted by atomic mass is 10.2. The molecule has 1 aromatic carbocycles. The summed E-state index contributed by atoms with van der Waals surface area (Å²) in [7, 11) is 2.96. The largest absolute Gasteiger partial charge is 0.497 e. The van der Waals surface area contributed by atoms with E-state index in [1.165, 1.54) is 37.7 Å². The smallest absolute Gasteiger partial charge is 0.338 e. The molecule has 154 valence electrons. The van der Waals surface area contributed by atoms with Gasteiger partial charge in [0.2, 0.25) is 0 Å². The highest BCUT2D eigenvalue weighted by molar-refractivity contribution is 7.12. The summed E-state index contributed by atoms with van der Waals surface area (Å²) in [5, 5.41) is 1.86. The summed E-state index contributed by atoms with van der Waals surface area (Å²) in [5.74, 6) is -0.0488. The SMILES string of the molecule is COc1cc(OC)cc(C(=O)OCC(=O)N2CCN(C(=O)c3cccs3)CC2)c1. The third-order valence-corrected chi connectivity index (χ3v) is 5.42. The Hall–Kier alpha value is -3.07. The molecule has 2 amide bonds. The van der Waals surface area contributed by atoms with Crippen molar-refractivity contribution in [1.29, 1.82) is 0 Å². The van der Waals surface area contributed by atoms with Crippen LogP contribution in [-0.4, -0.2) is 74.6 Å². The molecule has 0 atom stereocenters. The molecule has 1 fully saturated rings. The number of thiophene rings is 1. The Balaban J connectivity index is 1.50. The summed E-state index contributed by atoms with van der Waals surface area (Å²) in [4.78, 5) is 41.0. The predicted octanol–water partition coefficient (Wildman–Crippen LogP) is 1.91. The summed E-state index contributed by atoms with van der Waals surface area (Å²) in [5.41, 5.74) is 0.236. The van der Waals surface area contributed by atoms with Gasteiger partial charge in [0, 0.05) is 32.2 Å². The summed E-state index contributed by atoms with van der Waals surface area (Å²) in [6, 6.07) is 8.30. The highest BCUT2D eigenvalue weighted by atomic mass is 32.1. The van der Waals surface area contributed by atoms with Crippen LogP contribution in [-0.2, 0) is 9.53 Å². The molecule has 9 heteroatoms. The Kier molecular flexibility index (Phi) is 6.71. The molecule has 0 unspecified atom stereocenters. The van der Waals surface area contributed by atoms with E-state index in [2.05, 4.69) is 0 Å². The number of esters is 1. The molecule has 29 heavy (non-hydrogen) atoms. The fourth-order valence-electron chi connectivity index (χ4n) is 2.94. The number of hydrogen-bond donors (Lipinski definition) is 0. The first-order valence-electron chi connectivity index (χ1n) is 9.02. The van der Waals surface area contributed by atoms with Gasteiger partial charge < -0.3 is 24.0 Å². The monoisotopic (exact) mass is 418 g/mol. The van der Waals surface area contributed by atoms with Gasteiger partial charge >= 0.3 is 5.97 Å². The number of piperazine rings is 1. The average Bonchev–Trinajstić information content (AvgIpc) is 3.31. The van der Waals surface area contributed by atoms with Gasteiger partial charge in [0.15, 0.2) is 6.61 Å². The van der Waals surface area contributed by atoms with Crippen molar-refractivity contribution in [3.63, 3.8) is 0 Å². The lowest BCUT2D eigenvalue weighted by Gasteiger charge is -2.34. The van der Waals surface area contributed by atoms with Crippen molar-refractivity contribution in [2.75, 3.05) is 47.0 Å². The van der Waals surface area contributed by atoms with Crippen LogP contribution >= 0.6 is 11.3 Å². The van der Waals surface area contributed by atoms with Crippen molar-refractivity contribution in [2.45, 2.75) is 0 Å². The van der Waals surface area contributed by atoms with Gasteiger partial charge in [-0.25, -0.2) is 4.79 Å². The Bertz CT molecular complexity index is 853. The van der Waals surface area contributed by atoms with Crippen LogP contribution in [0.5, 0.6) is 11.5 Å². The van der Waals surface area contributed by atoms with E-state index in [9.17, 15) is 14.4 Å². The first kappa shape index (κ1) is 20.7. The molecule has 2 heterocycles. The van der Waals surface area contributed by atoms with E-state index in [0.717, 1.165) is 0 Å². The maximum atomic E-state index is 12.4. The minimum Gasteiger partial charge on any atom is -0.497 e. The zero-order chi connectivity index (χ0) is 20.8. The van der Waals surface area contributed by atoms with E-state index < -0.39 is 5.97 Å². The summed E-state index contributed by atoms with van der Waals surface area (Å²) < 4.78 is 15.4. The van der Waals surface area contributed by atoms with Gasteiger partial charge in [-0.1, -0.05) is 6.07 Å². The second-order valence-electron chi connectivity index (χ2n) is 6.33. The van der Waals surface area contributed by atoms with Gasteiger partial charge in [-0.3, -0.25) is 9.59 Å². The highest BCUT2D eigenvalue weighted by Crippen LogP contribution is 2.23. The minimum absolute atomic E-state index is 0.0227. The van der Waals surface area contributed by atoms with Crippen LogP contribution in [0.3, 0.4) is 0 Å². The molecular formula is C20H22N2O6S. The molecular weight excluding hydrogens is 396 g/mol. The molecule has 0 bridgehead atoms. The van der Waals surface area contributed by atoms with Gasteiger partial charge in [0.1, 0.15) is 11.5 Å². The molecule has 2 aromatic rings. The van der Waals surface area contributed by atoms with Crippen molar-refractivity contribution in [3.8, 4) is 11.5 Å². The van der Waals surface area contributed by atoms with E-state index in [1.54, 1.807) is 21.9 Å². The molecule has 1 aromatic heterocycles. The number of ether oxygens (including phenoxy) is 3. The highest BCUT2D eigenvalue weighted by Gasteiger charge is 2.26. The van der Waals surface area contributed by atoms with Crippen molar-refractivity contribution in [2.24, 2.45) is 0 Å². The molecule has 0 aliphatic carbocycles. The summed E-state index contributed by atoms with van der Waals surface area (Å²) >= 11 is 1.40. The lowest BCUT2D eigenvalue weighted by Crippen LogP contribution is -2.51. The zero-order valence-electron chi connectivity index (χ0n) is 16.3. The van der Waals surface area contributed by atoms with Crippen LogP contribution in [0.25, 0.3) is 0 Å². The number of methoxy groups -OCH3 is 2. The minimum atomic E-state index is -0.637. The van der Waals surface area contributed by atoms with Crippen LogP contribution in [0.2, 0.25) is 0 Å². The van der Waals surface area contributed by atoms with Crippen molar-refractivity contribution in [3.05, 3.63) is 46.2 Å². The zero-order valence-corrected chi connectivity index (χ0v) is 17.1. The van der Waals surface area contributed by atoms with Gasteiger partial charge in [0.05, 0.1) is 24.7 Å². The molecule has 0 radical (unpaired) electrons. The Morgan fingerprint density at radius 2 is 1.59 bits per heavy atom. The van der Waals surface area contributed by atoms with Crippen LogP contribution in [0.4, 0.5) is 0 Å². The lowest BCUT2D eigenvalue weighted by molar-refractivity contribution is -0.136. The van der Waals surface area contributed by atoms with Crippen LogP contribution in [0.1, 0.15) is 20.0 Å². The first-order chi connectivity index (χ1) is 14.0. The quantitative estimate of drug-likeness (QED) is 0.667. The molecule has 0 spiro atoms. The maximum Gasteiger partial charge on any atom is 0.338 e. The van der Waals surface area contributed by atoms with Crippen molar-refractivity contribution < 1.29 is 28.6 Å². The number of nitrogens with zero attached hydrogens (tertiary/aromatic N) is 2. The number of carbonyl (C=O) groups excluding carboxylic acids is 3. The van der Waals surface area contributed by atoms with Gasteiger partial charge in [-0.05, 0) is 23.6 Å². The predicted molar refractivity (Wildman–Crippen MR) is 107 cm³/mol. The van der Waals surface area contributed by atoms with Gasteiger partial charge in [-0.15, -0.1) is 11.3 Å². The molecule has 8 nitrogen and oxygen atoms in total. The molecule has 0 saturated carbocycles.